The highest BCUT2D eigenvalue weighted by Gasteiger charge is 2.39. The number of benzene rings is 2. The molecule has 12 heteroatoms. The minimum absolute atomic E-state index is 0.0178. The quantitative estimate of drug-likeness (QED) is 0.246. The van der Waals surface area contributed by atoms with E-state index >= 15 is 0 Å². The van der Waals surface area contributed by atoms with Crippen LogP contribution in [0.15, 0.2) is 84.0 Å². The zero-order valence-electron chi connectivity index (χ0n) is 21.6. The lowest BCUT2D eigenvalue weighted by Gasteiger charge is -2.23. The Hall–Kier alpha value is -4.03. The molecule has 0 aliphatic carbocycles. The molecule has 0 radical (unpaired) electrons. The van der Waals surface area contributed by atoms with Gasteiger partial charge in [-0.05, 0) is 73.9 Å². The number of hydrogen-bond donors (Lipinski definition) is 0. The van der Waals surface area contributed by atoms with Crippen molar-refractivity contribution in [3.63, 3.8) is 0 Å². The van der Waals surface area contributed by atoms with E-state index < -0.39 is 33.6 Å². The van der Waals surface area contributed by atoms with Crippen LogP contribution in [0, 0.1) is 5.82 Å². The molecule has 0 saturated carbocycles. The molecule has 1 fully saturated rings. The molecule has 0 bridgehead atoms. The summed E-state index contributed by atoms with van der Waals surface area (Å²) in [6.45, 7) is 0.173. The molecular formula is C29H24F4N4O3S. The summed E-state index contributed by atoms with van der Waals surface area (Å²) in [5, 5.41) is 0. The fourth-order valence-corrected chi connectivity index (χ4v) is 6.42. The molecule has 41 heavy (non-hydrogen) atoms. The van der Waals surface area contributed by atoms with Crippen LogP contribution in [-0.2, 0) is 27.4 Å². The van der Waals surface area contributed by atoms with E-state index in [1.165, 1.54) is 24.3 Å². The number of alkyl halides is 3. The van der Waals surface area contributed by atoms with Gasteiger partial charge in [-0.25, -0.2) is 22.8 Å². The number of carbonyl (C=O) groups excluding carboxylic acids is 1. The van der Waals surface area contributed by atoms with Crippen molar-refractivity contribution in [2.45, 2.75) is 42.8 Å². The first kappa shape index (κ1) is 28.5. The summed E-state index contributed by atoms with van der Waals surface area (Å²) >= 11 is 0. The maximum absolute atomic E-state index is 13.3. The summed E-state index contributed by atoms with van der Waals surface area (Å²) in [7, 11) is -4.00. The third-order valence-corrected chi connectivity index (χ3v) is 8.75. The molecule has 1 aliphatic heterocycles. The fraction of sp³-hybridized carbons (Fsp3) is 0.241. The van der Waals surface area contributed by atoms with E-state index in [4.69, 9.17) is 0 Å². The van der Waals surface area contributed by atoms with Gasteiger partial charge in [0, 0.05) is 42.2 Å². The number of nitrogens with zero attached hydrogens (tertiary/aromatic N) is 4. The van der Waals surface area contributed by atoms with Crippen molar-refractivity contribution in [3.8, 4) is 22.6 Å². The number of pyridine rings is 1. The minimum atomic E-state index is -4.48. The predicted octanol–water partition coefficient (Wildman–Crippen LogP) is 5.72. The van der Waals surface area contributed by atoms with E-state index in [9.17, 15) is 30.8 Å². The Balaban J connectivity index is 1.39. The second kappa shape index (κ2) is 11.5. The van der Waals surface area contributed by atoms with Crippen LogP contribution < -0.4 is 0 Å². The summed E-state index contributed by atoms with van der Waals surface area (Å²) in [6.07, 6.45) is -0.337. The average Bonchev–Trinajstić information content (AvgIpc) is 3.47. The largest absolute Gasteiger partial charge is 0.416 e. The summed E-state index contributed by atoms with van der Waals surface area (Å²) in [5.41, 5.74) is 1.07. The van der Waals surface area contributed by atoms with Crippen LogP contribution in [0.2, 0.25) is 0 Å². The van der Waals surface area contributed by atoms with E-state index in [-0.39, 0.29) is 30.1 Å². The average molecular weight is 585 g/mol. The Labute approximate surface area is 234 Å². The number of carbonyl (C=O) groups is 1. The van der Waals surface area contributed by atoms with Gasteiger partial charge in [0.1, 0.15) is 5.82 Å². The Bertz CT molecular complexity index is 1650. The van der Waals surface area contributed by atoms with Crippen molar-refractivity contribution >= 4 is 15.8 Å². The molecule has 212 valence electrons. The van der Waals surface area contributed by atoms with Crippen molar-refractivity contribution < 1.29 is 30.8 Å². The first-order valence-electron chi connectivity index (χ1n) is 12.8. The van der Waals surface area contributed by atoms with Gasteiger partial charge in [-0.2, -0.15) is 17.5 Å². The number of aryl methyl sites for hydroxylation is 1. The SMILES string of the molecule is O=C(CCc1cc(-c2ccc(C(F)(F)F)cc2)nc(-c2cccnc2)n1)[C@@H]1CCCN1S(=O)(=O)c1ccc(F)cc1. The van der Waals surface area contributed by atoms with E-state index in [2.05, 4.69) is 15.0 Å². The summed E-state index contributed by atoms with van der Waals surface area (Å²) < 4.78 is 80.1. The monoisotopic (exact) mass is 584 g/mol. The van der Waals surface area contributed by atoms with Gasteiger partial charge >= 0.3 is 6.18 Å². The standard InChI is InChI=1S/C29H24F4N4O3S/c30-22-9-12-24(13-10-22)41(39,40)37-16-2-4-26(37)27(38)14-11-23-17-25(19-5-7-21(8-6-19)29(31,32)33)36-28(35-23)20-3-1-15-34-18-20/h1,3,5-10,12-13,15,17-18,26H,2,4,11,14,16H2/t26-/m0/s1. The molecule has 0 unspecified atom stereocenters. The summed E-state index contributed by atoms with van der Waals surface area (Å²) in [6, 6.07) is 13.2. The van der Waals surface area contributed by atoms with Gasteiger partial charge in [0.2, 0.25) is 10.0 Å². The number of halogens is 4. The molecule has 1 saturated heterocycles. The van der Waals surface area contributed by atoms with Crippen molar-refractivity contribution in [3.05, 3.63) is 96.2 Å². The summed E-state index contributed by atoms with van der Waals surface area (Å²) in [5.74, 6) is -0.561. The fourth-order valence-electron chi connectivity index (χ4n) is 4.74. The van der Waals surface area contributed by atoms with Crippen molar-refractivity contribution in [2.75, 3.05) is 6.54 Å². The summed E-state index contributed by atoms with van der Waals surface area (Å²) in [4.78, 5) is 26.3. The molecule has 1 aliphatic rings. The lowest BCUT2D eigenvalue weighted by atomic mass is 10.0. The molecule has 0 spiro atoms. The van der Waals surface area contributed by atoms with Crippen LogP contribution in [0.3, 0.4) is 0 Å². The molecule has 0 amide bonds. The third-order valence-electron chi connectivity index (χ3n) is 6.83. The van der Waals surface area contributed by atoms with Gasteiger partial charge in [-0.3, -0.25) is 9.78 Å². The number of sulfonamides is 1. The van der Waals surface area contributed by atoms with Crippen LogP contribution in [0.25, 0.3) is 22.6 Å². The first-order valence-corrected chi connectivity index (χ1v) is 14.2. The zero-order chi connectivity index (χ0) is 29.2. The van der Waals surface area contributed by atoms with Crippen molar-refractivity contribution in [1.29, 1.82) is 0 Å². The highest BCUT2D eigenvalue weighted by molar-refractivity contribution is 7.89. The smallest absolute Gasteiger partial charge is 0.298 e. The second-order valence-corrected chi connectivity index (χ2v) is 11.5. The van der Waals surface area contributed by atoms with E-state index in [1.54, 1.807) is 30.6 Å². The van der Waals surface area contributed by atoms with Gasteiger partial charge < -0.3 is 0 Å². The van der Waals surface area contributed by atoms with Crippen LogP contribution in [0.4, 0.5) is 17.6 Å². The Morgan fingerprint density at radius 2 is 1.71 bits per heavy atom. The van der Waals surface area contributed by atoms with E-state index in [1.807, 2.05) is 0 Å². The lowest BCUT2D eigenvalue weighted by molar-refractivity contribution is -0.137. The van der Waals surface area contributed by atoms with Gasteiger partial charge in [0.15, 0.2) is 11.6 Å². The first-order chi connectivity index (χ1) is 19.5. The molecular weight excluding hydrogens is 560 g/mol. The Morgan fingerprint density at radius 1 is 0.976 bits per heavy atom. The molecule has 3 heterocycles. The highest BCUT2D eigenvalue weighted by atomic mass is 32.2. The molecule has 5 rings (SSSR count). The number of rotatable bonds is 8. The van der Waals surface area contributed by atoms with Crippen LogP contribution in [-0.4, -0.2) is 46.0 Å². The maximum atomic E-state index is 13.3. The molecule has 2 aromatic carbocycles. The third kappa shape index (κ3) is 6.33. The zero-order valence-corrected chi connectivity index (χ0v) is 22.4. The lowest BCUT2D eigenvalue weighted by Crippen LogP contribution is -2.40. The topological polar surface area (TPSA) is 93.1 Å². The normalized spacial score (nSPS) is 16.1. The molecule has 2 aromatic heterocycles. The van der Waals surface area contributed by atoms with Crippen LogP contribution in [0.5, 0.6) is 0 Å². The van der Waals surface area contributed by atoms with Crippen molar-refractivity contribution in [1.82, 2.24) is 19.3 Å². The van der Waals surface area contributed by atoms with Crippen LogP contribution >= 0.6 is 0 Å². The minimum Gasteiger partial charge on any atom is -0.298 e. The molecule has 1 atom stereocenters. The molecule has 0 N–H and O–H groups in total. The number of aromatic nitrogens is 3. The highest BCUT2D eigenvalue weighted by Crippen LogP contribution is 2.32. The Kier molecular flexibility index (Phi) is 7.96. The van der Waals surface area contributed by atoms with Gasteiger partial charge in [-0.1, -0.05) is 12.1 Å². The number of hydrogen-bond acceptors (Lipinski definition) is 6. The molecule has 7 nitrogen and oxygen atoms in total. The second-order valence-electron chi connectivity index (χ2n) is 9.58. The maximum Gasteiger partial charge on any atom is 0.416 e. The van der Waals surface area contributed by atoms with Gasteiger partial charge in [0.05, 0.1) is 22.2 Å². The van der Waals surface area contributed by atoms with E-state index in [0.29, 0.717) is 41.2 Å². The number of ketones is 1. The van der Waals surface area contributed by atoms with Crippen LogP contribution in [0.1, 0.15) is 30.5 Å². The molecule has 4 aromatic rings. The number of Topliss-reactive ketones (excluding diaryl/α,β-unsaturated/α-hetero) is 1. The van der Waals surface area contributed by atoms with Gasteiger partial charge in [0.25, 0.3) is 0 Å². The predicted molar refractivity (Wildman–Crippen MR) is 142 cm³/mol. The van der Waals surface area contributed by atoms with Crippen molar-refractivity contribution in [2.24, 2.45) is 0 Å². The van der Waals surface area contributed by atoms with Gasteiger partial charge in [-0.15, -0.1) is 0 Å². The Morgan fingerprint density at radius 3 is 2.37 bits per heavy atom. The van der Waals surface area contributed by atoms with E-state index in [0.717, 1.165) is 28.6 Å².